The number of benzene rings is 2. The minimum atomic E-state index is -4.92. The lowest BCUT2D eigenvalue weighted by atomic mass is 9.85. The molecular formula is C30H37ClF6N6O2. The lowest BCUT2D eigenvalue weighted by Crippen LogP contribution is -2.30. The van der Waals surface area contributed by atoms with Crippen molar-refractivity contribution >= 4 is 30.0 Å². The Morgan fingerprint density at radius 2 is 1.62 bits per heavy atom. The van der Waals surface area contributed by atoms with Crippen LogP contribution in [0.2, 0.25) is 0 Å². The van der Waals surface area contributed by atoms with Gasteiger partial charge in [0.25, 0.3) is 5.95 Å². The maximum absolute atomic E-state index is 13.2. The van der Waals surface area contributed by atoms with Gasteiger partial charge in [-0.05, 0) is 96.2 Å². The Labute approximate surface area is 263 Å². The van der Waals surface area contributed by atoms with Gasteiger partial charge in [0, 0.05) is 25.3 Å². The fourth-order valence-corrected chi connectivity index (χ4v) is 5.46. The molecule has 0 bridgehead atoms. The lowest BCUT2D eigenvalue weighted by Gasteiger charge is -2.31. The molecule has 1 aliphatic carbocycles. The van der Waals surface area contributed by atoms with E-state index in [1.54, 1.807) is 0 Å². The number of aromatic nitrogens is 4. The average Bonchev–Trinajstić information content (AvgIpc) is 3.58. The van der Waals surface area contributed by atoms with Gasteiger partial charge in [-0.1, -0.05) is 25.0 Å². The van der Waals surface area contributed by atoms with Crippen LogP contribution in [0, 0.1) is 5.41 Å². The Balaban J connectivity index is 0.00000552. The van der Waals surface area contributed by atoms with E-state index in [1.807, 2.05) is 20.8 Å². The molecule has 8 nitrogen and oxygen atoms in total. The van der Waals surface area contributed by atoms with Crippen molar-refractivity contribution in [1.29, 1.82) is 0 Å². The largest absolute Gasteiger partial charge is 0.481 e. The molecule has 0 spiro atoms. The molecule has 15 heteroatoms. The van der Waals surface area contributed by atoms with Crippen LogP contribution in [0.25, 0.3) is 0 Å². The van der Waals surface area contributed by atoms with Crippen LogP contribution in [0.5, 0.6) is 0 Å². The number of halogens is 7. The zero-order chi connectivity index (χ0) is 32.3. The number of alkyl halides is 6. The average molecular weight is 663 g/mol. The summed E-state index contributed by atoms with van der Waals surface area (Å²) in [5, 5.41) is 24.5. The number of carbonyl (C=O) groups is 1. The van der Waals surface area contributed by atoms with Crippen LogP contribution in [-0.4, -0.2) is 44.4 Å². The van der Waals surface area contributed by atoms with E-state index in [1.165, 1.54) is 11.1 Å². The highest BCUT2D eigenvalue weighted by molar-refractivity contribution is 5.85. The second-order valence-electron chi connectivity index (χ2n) is 11.9. The monoisotopic (exact) mass is 662 g/mol. The number of carboxylic acids is 1. The zero-order valence-electron chi connectivity index (χ0n) is 25.2. The molecule has 0 radical (unpaired) electrons. The van der Waals surface area contributed by atoms with Crippen LogP contribution in [0.15, 0.2) is 30.3 Å². The third-order valence-corrected chi connectivity index (χ3v) is 7.84. The number of rotatable bonds is 13. The molecule has 2 aromatic carbocycles. The molecule has 0 amide bonds. The summed E-state index contributed by atoms with van der Waals surface area (Å²) in [6, 6.07) is 5.85. The second-order valence-corrected chi connectivity index (χ2v) is 11.9. The van der Waals surface area contributed by atoms with Crippen molar-refractivity contribution < 1.29 is 36.2 Å². The van der Waals surface area contributed by atoms with E-state index in [0.29, 0.717) is 31.6 Å². The topological polar surface area (TPSA) is 96.2 Å². The van der Waals surface area contributed by atoms with E-state index in [0.717, 1.165) is 41.9 Å². The van der Waals surface area contributed by atoms with Crippen LogP contribution in [-0.2, 0) is 49.5 Å². The molecule has 1 aliphatic rings. The molecule has 0 aliphatic heterocycles. The Morgan fingerprint density at radius 3 is 2.20 bits per heavy atom. The van der Waals surface area contributed by atoms with Gasteiger partial charge in [0.05, 0.1) is 24.1 Å². The van der Waals surface area contributed by atoms with E-state index in [9.17, 15) is 36.2 Å². The standard InChI is InChI=1S/C30H36F6N6O2.ClH/c1-4-41(11-9-28(2,3)17-26(43)44)25-15-21-7-5-6-20(21)14-22(25)18-37-27-38-40-42(39-27)10-8-19-12-23(29(31,32)33)16-24(13-19)30(34,35)36;/h12-16H,4-11,17-18H2,1-3H3,(H,37,39)(H,43,44);1H. The molecule has 4 rings (SSSR count). The molecule has 3 aromatic rings. The lowest BCUT2D eigenvalue weighted by molar-refractivity contribution is -0.143. The van der Waals surface area contributed by atoms with E-state index >= 15 is 0 Å². The van der Waals surface area contributed by atoms with Crippen molar-refractivity contribution in [3.05, 3.63) is 63.7 Å². The van der Waals surface area contributed by atoms with Gasteiger partial charge in [-0.2, -0.15) is 31.1 Å². The number of hydrogen-bond donors (Lipinski definition) is 2. The summed E-state index contributed by atoms with van der Waals surface area (Å²) in [4.78, 5) is 14.6. The molecule has 0 atom stereocenters. The SMILES string of the molecule is CCN(CCC(C)(C)CC(=O)O)c1cc2c(cc1CNc1nnn(CCc3cc(C(F)(F)F)cc(C(F)(F)F)c3)n1)CCC2.Cl. The van der Waals surface area contributed by atoms with E-state index in [-0.39, 0.29) is 54.8 Å². The predicted octanol–water partition coefficient (Wildman–Crippen LogP) is 7.19. The third-order valence-electron chi connectivity index (χ3n) is 7.84. The number of hydrogen-bond acceptors (Lipinski definition) is 6. The van der Waals surface area contributed by atoms with Gasteiger partial charge in [0.1, 0.15) is 0 Å². The number of nitrogens with zero attached hydrogens (tertiary/aromatic N) is 5. The second kappa shape index (κ2) is 14.3. The Hall–Kier alpha value is -3.55. The van der Waals surface area contributed by atoms with Crippen LogP contribution in [0.1, 0.15) is 73.4 Å². The molecular weight excluding hydrogens is 626 g/mol. The van der Waals surface area contributed by atoms with E-state index in [4.69, 9.17) is 0 Å². The van der Waals surface area contributed by atoms with Gasteiger partial charge >= 0.3 is 18.3 Å². The summed E-state index contributed by atoms with van der Waals surface area (Å²) >= 11 is 0. The fourth-order valence-electron chi connectivity index (χ4n) is 5.46. The van der Waals surface area contributed by atoms with E-state index < -0.39 is 29.4 Å². The smallest absolute Gasteiger partial charge is 0.416 e. The minimum Gasteiger partial charge on any atom is -0.481 e. The molecule has 248 valence electrons. The van der Waals surface area contributed by atoms with Crippen LogP contribution in [0.3, 0.4) is 0 Å². The number of nitrogens with one attached hydrogen (secondary N) is 1. The summed E-state index contributed by atoms with van der Waals surface area (Å²) in [5.74, 6) is -0.663. The Bertz CT molecular complexity index is 1440. The normalized spacial score (nSPS) is 13.4. The van der Waals surface area contributed by atoms with Gasteiger partial charge in [-0.3, -0.25) is 4.79 Å². The summed E-state index contributed by atoms with van der Waals surface area (Å²) in [7, 11) is 0. The number of aryl methyl sites for hydroxylation is 4. The van der Waals surface area contributed by atoms with Crippen molar-refractivity contribution in [2.75, 3.05) is 23.3 Å². The molecule has 1 aromatic heterocycles. The summed E-state index contributed by atoms with van der Waals surface area (Å²) in [5.41, 5.74) is 1.34. The number of aliphatic carboxylic acids is 1. The third kappa shape index (κ3) is 9.72. The predicted molar refractivity (Wildman–Crippen MR) is 160 cm³/mol. The van der Waals surface area contributed by atoms with Gasteiger partial charge in [0.2, 0.25) is 0 Å². The first kappa shape index (κ1) is 35.9. The molecule has 0 fully saturated rings. The highest BCUT2D eigenvalue weighted by Gasteiger charge is 2.37. The molecule has 0 unspecified atom stereocenters. The first-order chi connectivity index (χ1) is 20.5. The van der Waals surface area contributed by atoms with Crippen molar-refractivity contribution in [2.24, 2.45) is 5.41 Å². The highest BCUT2D eigenvalue weighted by Crippen LogP contribution is 2.37. The summed E-state index contributed by atoms with van der Waals surface area (Å²) < 4.78 is 79.2. The zero-order valence-corrected chi connectivity index (χ0v) is 26.0. The van der Waals surface area contributed by atoms with E-state index in [2.05, 4.69) is 37.8 Å². The van der Waals surface area contributed by atoms with Crippen molar-refractivity contribution in [3.63, 3.8) is 0 Å². The first-order valence-electron chi connectivity index (χ1n) is 14.5. The quantitative estimate of drug-likeness (QED) is 0.187. The number of tetrazole rings is 1. The Kier molecular flexibility index (Phi) is 11.4. The number of anilines is 2. The number of fused-ring (bicyclic) bond motifs is 1. The molecule has 0 saturated heterocycles. The molecule has 0 saturated carbocycles. The Morgan fingerprint density at radius 1 is 1.00 bits per heavy atom. The molecule has 2 N–H and O–H groups in total. The summed E-state index contributed by atoms with van der Waals surface area (Å²) in [6.45, 7) is 7.59. The van der Waals surface area contributed by atoms with Gasteiger partial charge in [0.15, 0.2) is 0 Å². The van der Waals surface area contributed by atoms with Gasteiger partial charge in [-0.25, -0.2) is 0 Å². The highest BCUT2D eigenvalue weighted by atomic mass is 35.5. The van der Waals surface area contributed by atoms with Crippen LogP contribution < -0.4 is 10.2 Å². The van der Waals surface area contributed by atoms with Gasteiger partial charge < -0.3 is 15.3 Å². The molecule has 45 heavy (non-hydrogen) atoms. The maximum atomic E-state index is 13.2. The van der Waals surface area contributed by atoms with Crippen molar-refractivity contribution in [3.8, 4) is 0 Å². The molecule has 1 heterocycles. The fraction of sp³-hybridized carbons (Fsp3) is 0.533. The van der Waals surface area contributed by atoms with Crippen molar-refractivity contribution in [2.45, 2.75) is 84.7 Å². The summed E-state index contributed by atoms with van der Waals surface area (Å²) in [6.07, 6.45) is -6.22. The van der Waals surface area contributed by atoms with Gasteiger partial charge in [-0.15, -0.1) is 17.5 Å². The van der Waals surface area contributed by atoms with Crippen LogP contribution in [0.4, 0.5) is 38.0 Å². The maximum Gasteiger partial charge on any atom is 0.416 e. The number of carboxylic acid groups (broad SMARTS) is 1. The van der Waals surface area contributed by atoms with Crippen molar-refractivity contribution in [1.82, 2.24) is 20.2 Å². The first-order valence-corrected chi connectivity index (χ1v) is 14.5. The van der Waals surface area contributed by atoms with Crippen LogP contribution >= 0.6 is 12.4 Å². The minimum absolute atomic E-state index is 0.